The molecule has 3 N–H and O–H groups in total. The number of hydrogen-bond acceptors (Lipinski definition) is 4. The molecular formula is C13H12ClNO5S. The van der Waals surface area contributed by atoms with E-state index < -0.39 is 26.3 Å². The fraction of sp³-hybridized carbons (Fsp3) is 0.154. The smallest absolute Gasteiger partial charge is 0.294 e. The SMILES string of the molecule is CC(Cl)C(=O)Nc1ccc2c(O)cc(S(=O)(=O)O)cc2c1. The summed E-state index contributed by atoms with van der Waals surface area (Å²) < 4.78 is 31.3. The number of phenols is 1. The monoisotopic (exact) mass is 329 g/mol. The first kappa shape index (κ1) is 15.6. The Labute approximate surface area is 126 Å². The van der Waals surface area contributed by atoms with Crippen LogP contribution in [0.1, 0.15) is 6.92 Å². The standard InChI is InChI=1S/C13H12ClNO5S/c1-7(14)13(17)15-9-2-3-11-8(4-9)5-10(6-12(11)16)21(18,19)20/h2-7,16H,1H3,(H,15,17)(H,18,19,20). The minimum atomic E-state index is -4.43. The molecule has 0 heterocycles. The summed E-state index contributed by atoms with van der Waals surface area (Å²) in [6, 6.07) is 6.70. The van der Waals surface area contributed by atoms with Crippen LogP contribution in [0.15, 0.2) is 35.2 Å². The molecule has 1 atom stereocenters. The Morgan fingerprint density at radius 2 is 1.95 bits per heavy atom. The predicted molar refractivity (Wildman–Crippen MR) is 79.4 cm³/mol. The lowest BCUT2D eigenvalue weighted by atomic mass is 10.1. The molecule has 2 rings (SSSR count). The third-order valence-electron chi connectivity index (χ3n) is 2.83. The van der Waals surface area contributed by atoms with E-state index in [1.165, 1.54) is 25.1 Å². The largest absolute Gasteiger partial charge is 0.507 e. The molecule has 0 saturated carbocycles. The summed E-state index contributed by atoms with van der Waals surface area (Å²) in [5.74, 6) is -0.699. The highest BCUT2D eigenvalue weighted by atomic mass is 35.5. The van der Waals surface area contributed by atoms with Crippen molar-refractivity contribution in [1.29, 1.82) is 0 Å². The minimum absolute atomic E-state index is 0.288. The van der Waals surface area contributed by atoms with E-state index in [2.05, 4.69) is 5.32 Å². The van der Waals surface area contributed by atoms with Crippen molar-refractivity contribution in [3.05, 3.63) is 30.3 Å². The van der Waals surface area contributed by atoms with Crippen molar-refractivity contribution in [1.82, 2.24) is 0 Å². The summed E-state index contributed by atoms with van der Waals surface area (Å²) >= 11 is 5.64. The number of nitrogens with one attached hydrogen (secondary N) is 1. The summed E-state index contributed by atoms with van der Waals surface area (Å²) in [5.41, 5.74) is 0.395. The van der Waals surface area contributed by atoms with Gasteiger partial charge >= 0.3 is 0 Å². The molecule has 1 amide bonds. The van der Waals surface area contributed by atoms with E-state index in [0.717, 1.165) is 6.07 Å². The average molecular weight is 330 g/mol. The molecule has 112 valence electrons. The second-order valence-corrected chi connectivity index (χ2v) is 6.53. The maximum absolute atomic E-state index is 11.5. The Hall–Kier alpha value is -1.83. The molecule has 8 heteroatoms. The molecule has 0 spiro atoms. The lowest BCUT2D eigenvalue weighted by Gasteiger charge is -2.09. The first-order valence-electron chi connectivity index (χ1n) is 5.87. The number of phenolic OH excluding ortho intramolecular Hbond substituents is 1. The number of fused-ring (bicyclic) bond motifs is 1. The summed E-state index contributed by atoms with van der Waals surface area (Å²) in [5, 5.41) is 12.4. The maximum atomic E-state index is 11.5. The van der Waals surface area contributed by atoms with Gasteiger partial charge in [0.15, 0.2) is 0 Å². The van der Waals surface area contributed by atoms with Crippen LogP contribution in [-0.2, 0) is 14.9 Å². The average Bonchev–Trinajstić information content (AvgIpc) is 2.37. The van der Waals surface area contributed by atoms with E-state index in [1.54, 1.807) is 6.07 Å². The highest BCUT2D eigenvalue weighted by molar-refractivity contribution is 7.85. The van der Waals surface area contributed by atoms with Gasteiger partial charge < -0.3 is 10.4 Å². The van der Waals surface area contributed by atoms with Gasteiger partial charge in [0.25, 0.3) is 10.1 Å². The van der Waals surface area contributed by atoms with E-state index in [9.17, 15) is 18.3 Å². The molecule has 2 aromatic carbocycles. The van der Waals surface area contributed by atoms with Crippen LogP contribution in [0.2, 0.25) is 0 Å². The van der Waals surface area contributed by atoms with Gasteiger partial charge in [-0.05, 0) is 36.6 Å². The van der Waals surface area contributed by atoms with E-state index in [0.29, 0.717) is 16.5 Å². The molecule has 2 aromatic rings. The highest BCUT2D eigenvalue weighted by Gasteiger charge is 2.14. The van der Waals surface area contributed by atoms with Crippen molar-refractivity contribution in [2.24, 2.45) is 0 Å². The van der Waals surface area contributed by atoms with Crippen LogP contribution >= 0.6 is 11.6 Å². The van der Waals surface area contributed by atoms with Gasteiger partial charge in [-0.3, -0.25) is 9.35 Å². The summed E-state index contributed by atoms with van der Waals surface area (Å²) in [7, 11) is -4.43. The van der Waals surface area contributed by atoms with Gasteiger partial charge in [-0.25, -0.2) is 0 Å². The molecule has 0 aromatic heterocycles. The normalized spacial score (nSPS) is 13.1. The number of hydrogen-bond donors (Lipinski definition) is 3. The zero-order chi connectivity index (χ0) is 15.8. The molecule has 0 aliphatic rings. The van der Waals surface area contributed by atoms with E-state index in [4.69, 9.17) is 16.2 Å². The number of amides is 1. The summed E-state index contributed by atoms with van der Waals surface area (Å²) in [6.45, 7) is 1.51. The summed E-state index contributed by atoms with van der Waals surface area (Å²) in [4.78, 5) is 11.1. The zero-order valence-electron chi connectivity index (χ0n) is 10.9. The lowest BCUT2D eigenvalue weighted by molar-refractivity contribution is -0.115. The van der Waals surface area contributed by atoms with Gasteiger partial charge in [-0.1, -0.05) is 0 Å². The predicted octanol–water partition coefficient (Wildman–Crippen LogP) is 2.36. The number of anilines is 1. The molecule has 0 bridgehead atoms. The highest BCUT2D eigenvalue weighted by Crippen LogP contribution is 2.30. The molecule has 1 unspecified atom stereocenters. The van der Waals surface area contributed by atoms with Gasteiger partial charge in [0.05, 0.1) is 4.90 Å². The molecule has 21 heavy (non-hydrogen) atoms. The minimum Gasteiger partial charge on any atom is -0.507 e. The number of benzene rings is 2. The number of halogens is 1. The fourth-order valence-corrected chi connectivity index (χ4v) is 2.38. The Morgan fingerprint density at radius 3 is 2.52 bits per heavy atom. The van der Waals surface area contributed by atoms with Crippen LogP contribution in [0, 0.1) is 0 Å². The Kier molecular flexibility index (Phi) is 4.08. The maximum Gasteiger partial charge on any atom is 0.294 e. The van der Waals surface area contributed by atoms with Crippen molar-refractivity contribution >= 4 is 44.1 Å². The van der Waals surface area contributed by atoms with Crippen molar-refractivity contribution in [2.75, 3.05) is 5.32 Å². The first-order chi connectivity index (χ1) is 9.68. The van der Waals surface area contributed by atoms with Crippen LogP contribution in [0.3, 0.4) is 0 Å². The van der Waals surface area contributed by atoms with E-state index in [1.807, 2.05) is 0 Å². The van der Waals surface area contributed by atoms with Gasteiger partial charge in [0.1, 0.15) is 11.1 Å². The third-order valence-corrected chi connectivity index (χ3v) is 3.86. The number of aromatic hydroxyl groups is 1. The molecule has 0 aliphatic heterocycles. The van der Waals surface area contributed by atoms with Crippen molar-refractivity contribution in [2.45, 2.75) is 17.2 Å². The molecule has 6 nitrogen and oxygen atoms in total. The third kappa shape index (κ3) is 3.44. The number of alkyl halides is 1. The van der Waals surface area contributed by atoms with Crippen molar-refractivity contribution in [3.63, 3.8) is 0 Å². The topological polar surface area (TPSA) is 104 Å². The van der Waals surface area contributed by atoms with Gasteiger partial charge in [-0.15, -0.1) is 11.6 Å². The van der Waals surface area contributed by atoms with E-state index in [-0.39, 0.29) is 5.75 Å². The number of carbonyl (C=O) groups excluding carboxylic acids is 1. The summed E-state index contributed by atoms with van der Waals surface area (Å²) in [6.07, 6.45) is 0. The van der Waals surface area contributed by atoms with Crippen LogP contribution in [-0.4, -0.2) is 29.4 Å². The zero-order valence-corrected chi connectivity index (χ0v) is 12.4. The van der Waals surface area contributed by atoms with Crippen molar-refractivity contribution in [3.8, 4) is 5.75 Å². The number of carbonyl (C=O) groups is 1. The Morgan fingerprint density at radius 1 is 1.29 bits per heavy atom. The Bertz CT molecular complexity index is 817. The molecule has 0 fully saturated rings. The van der Waals surface area contributed by atoms with Crippen LogP contribution in [0.5, 0.6) is 5.75 Å². The van der Waals surface area contributed by atoms with Gasteiger partial charge in [0, 0.05) is 17.1 Å². The first-order valence-corrected chi connectivity index (χ1v) is 7.75. The molecule has 0 aliphatic carbocycles. The second-order valence-electron chi connectivity index (χ2n) is 4.46. The molecular weight excluding hydrogens is 318 g/mol. The second kappa shape index (κ2) is 5.51. The fourth-order valence-electron chi connectivity index (χ4n) is 1.79. The van der Waals surface area contributed by atoms with Crippen LogP contribution in [0.4, 0.5) is 5.69 Å². The van der Waals surface area contributed by atoms with Gasteiger partial charge in [0.2, 0.25) is 5.91 Å². The van der Waals surface area contributed by atoms with Crippen molar-refractivity contribution < 1.29 is 22.9 Å². The molecule has 0 radical (unpaired) electrons. The van der Waals surface area contributed by atoms with Crippen LogP contribution in [0.25, 0.3) is 10.8 Å². The number of rotatable bonds is 3. The lowest BCUT2D eigenvalue weighted by Crippen LogP contribution is -2.20. The Balaban J connectivity index is 2.53. The molecule has 0 saturated heterocycles. The van der Waals surface area contributed by atoms with Crippen LogP contribution < -0.4 is 5.32 Å². The van der Waals surface area contributed by atoms with Gasteiger partial charge in [-0.2, -0.15) is 8.42 Å². The quantitative estimate of drug-likeness (QED) is 0.592. The van der Waals surface area contributed by atoms with E-state index >= 15 is 0 Å².